The topological polar surface area (TPSA) is 43.4 Å². The zero-order valence-electron chi connectivity index (χ0n) is 10.7. The molecule has 0 N–H and O–H groups in total. The summed E-state index contributed by atoms with van der Waals surface area (Å²) in [7, 11) is -8.38. The van der Waals surface area contributed by atoms with Crippen LogP contribution < -0.4 is 5.19 Å². The minimum absolute atomic E-state index is 0.517. The van der Waals surface area contributed by atoms with Crippen LogP contribution in [0.1, 0.15) is 20.8 Å². The fourth-order valence-corrected chi connectivity index (χ4v) is 6.13. The lowest BCUT2D eigenvalue weighted by Crippen LogP contribution is -2.45. The Hall–Kier alpha value is -0.863. The van der Waals surface area contributed by atoms with Crippen molar-refractivity contribution in [3.05, 3.63) is 30.3 Å². The molecule has 0 aromatic heterocycles. The molecule has 0 saturated carbocycles. The van der Waals surface area contributed by atoms with Gasteiger partial charge in [0.05, 0.1) is 0 Å². The SMILES string of the molecule is CC(C)(C)[SiH](OS(=O)(=O)C(F)(F)F)c1ccccc1. The number of rotatable bonds is 3. The van der Waals surface area contributed by atoms with E-state index in [1.54, 1.807) is 51.1 Å². The Balaban J connectivity index is 3.17. The summed E-state index contributed by atoms with van der Waals surface area (Å²) >= 11 is 0. The van der Waals surface area contributed by atoms with Gasteiger partial charge in [0.2, 0.25) is 9.04 Å². The molecule has 0 amide bonds. The molecular formula is C11H15F3O3SSi. The zero-order valence-corrected chi connectivity index (χ0v) is 12.7. The summed E-state index contributed by atoms with van der Waals surface area (Å²) in [6, 6.07) is 8.17. The smallest absolute Gasteiger partial charge is 0.306 e. The van der Waals surface area contributed by atoms with Crippen molar-refractivity contribution in [2.24, 2.45) is 0 Å². The van der Waals surface area contributed by atoms with Gasteiger partial charge >= 0.3 is 15.6 Å². The summed E-state index contributed by atoms with van der Waals surface area (Å²) in [5.41, 5.74) is -5.39. The zero-order chi connectivity index (χ0) is 14.9. The van der Waals surface area contributed by atoms with Gasteiger partial charge in [0.1, 0.15) is 0 Å². The average molecular weight is 312 g/mol. The molecular weight excluding hydrogens is 297 g/mol. The molecule has 3 nitrogen and oxygen atoms in total. The number of hydrogen-bond donors (Lipinski definition) is 0. The van der Waals surface area contributed by atoms with E-state index in [9.17, 15) is 21.6 Å². The lowest BCUT2D eigenvalue weighted by atomic mass is 10.2. The summed E-state index contributed by atoms with van der Waals surface area (Å²) in [6.45, 7) is 5.01. The molecule has 0 saturated heterocycles. The second-order valence-corrected chi connectivity index (χ2v) is 10.5. The highest BCUT2D eigenvalue weighted by Crippen LogP contribution is 2.32. The van der Waals surface area contributed by atoms with Crippen LogP contribution in [0.25, 0.3) is 0 Å². The second kappa shape index (κ2) is 5.26. The van der Waals surface area contributed by atoms with E-state index in [2.05, 4.69) is 3.87 Å². The van der Waals surface area contributed by atoms with Gasteiger partial charge in [0, 0.05) is 0 Å². The molecule has 0 aliphatic carbocycles. The summed E-state index contributed by atoms with van der Waals surface area (Å²) in [4.78, 5) is 0. The van der Waals surface area contributed by atoms with Crippen molar-refractivity contribution in [3.8, 4) is 0 Å². The van der Waals surface area contributed by atoms with Crippen LogP contribution >= 0.6 is 0 Å². The van der Waals surface area contributed by atoms with Crippen LogP contribution in [0.15, 0.2) is 30.3 Å². The first kappa shape index (κ1) is 16.2. The van der Waals surface area contributed by atoms with E-state index in [1.165, 1.54) is 0 Å². The Morgan fingerprint density at radius 2 is 1.53 bits per heavy atom. The predicted octanol–water partition coefficient (Wildman–Crippen LogP) is 2.28. The minimum atomic E-state index is -5.57. The van der Waals surface area contributed by atoms with E-state index >= 15 is 0 Å². The Bertz CT molecular complexity index is 520. The van der Waals surface area contributed by atoms with Crippen molar-refractivity contribution in [2.45, 2.75) is 31.3 Å². The molecule has 0 aliphatic rings. The Kier molecular flexibility index (Phi) is 4.48. The third-order valence-corrected chi connectivity index (χ3v) is 7.31. The first-order valence-corrected chi connectivity index (χ1v) is 8.53. The molecule has 0 bridgehead atoms. The highest BCUT2D eigenvalue weighted by Gasteiger charge is 2.50. The molecule has 1 aromatic carbocycles. The summed E-state index contributed by atoms with van der Waals surface area (Å²) in [5.74, 6) is 0. The third kappa shape index (κ3) is 4.05. The molecule has 1 aromatic rings. The predicted molar refractivity (Wildman–Crippen MR) is 69.0 cm³/mol. The van der Waals surface area contributed by atoms with E-state index in [4.69, 9.17) is 0 Å². The van der Waals surface area contributed by atoms with Gasteiger partial charge in [-0.05, 0) is 10.2 Å². The monoisotopic (exact) mass is 312 g/mol. The van der Waals surface area contributed by atoms with Gasteiger partial charge in [-0.3, -0.25) is 0 Å². The van der Waals surface area contributed by atoms with Gasteiger partial charge in [-0.15, -0.1) is 0 Å². The minimum Gasteiger partial charge on any atom is -0.306 e. The molecule has 108 valence electrons. The van der Waals surface area contributed by atoms with Crippen LogP contribution in [0, 0.1) is 0 Å². The Labute approximate surface area is 112 Å². The standard InChI is InChI=1S/C11H15F3O3SSi/c1-10(2,3)19(9-7-5-4-6-8-9)17-18(15,16)11(12,13)14/h4-8,19H,1-3H3. The highest BCUT2D eigenvalue weighted by molar-refractivity contribution is 7.88. The summed E-state index contributed by atoms with van der Waals surface area (Å²) in [5, 5.41) is -0.150. The maximum absolute atomic E-state index is 12.4. The van der Waals surface area contributed by atoms with Crippen molar-refractivity contribution in [1.29, 1.82) is 0 Å². The third-order valence-electron chi connectivity index (χ3n) is 2.40. The van der Waals surface area contributed by atoms with Crippen LogP contribution in [0.2, 0.25) is 5.04 Å². The fourth-order valence-electron chi connectivity index (χ4n) is 1.51. The highest BCUT2D eigenvalue weighted by atomic mass is 32.2. The van der Waals surface area contributed by atoms with E-state index < -0.39 is 29.7 Å². The van der Waals surface area contributed by atoms with Crippen molar-refractivity contribution in [3.63, 3.8) is 0 Å². The fraction of sp³-hybridized carbons (Fsp3) is 0.455. The maximum Gasteiger partial charge on any atom is 0.522 e. The largest absolute Gasteiger partial charge is 0.522 e. The van der Waals surface area contributed by atoms with Crippen molar-refractivity contribution >= 4 is 24.3 Å². The summed E-state index contributed by atoms with van der Waals surface area (Å²) < 4.78 is 64.1. The molecule has 0 fully saturated rings. The van der Waals surface area contributed by atoms with Gasteiger partial charge in [0.15, 0.2) is 0 Å². The number of alkyl halides is 3. The average Bonchev–Trinajstić information content (AvgIpc) is 2.24. The first-order chi connectivity index (χ1) is 8.45. The van der Waals surface area contributed by atoms with Crippen LogP contribution in [-0.2, 0) is 14.0 Å². The van der Waals surface area contributed by atoms with Gasteiger partial charge in [0.25, 0.3) is 0 Å². The second-order valence-electron chi connectivity index (χ2n) is 5.15. The van der Waals surface area contributed by atoms with Crippen LogP contribution in [0.5, 0.6) is 0 Å². The van der Waals surface area contributed by atoms with Gasteiger partial charge < -0.3 is 3.87 Å². The maximum atomic E-state index is 12.4. The number of hydrogen-bond acceptors (Lipinski definition) is 3. The number of halogens is 3. The van der Waals surface area contributed by atoms with Crippen LogP contribution in [0.4, 0.5) is 13.2 Å². The lowest BCUT2D eigenvalue weighted by molar-refractivity contribution is -0.0501. The quantitative estimate of drug-likeness (QED) is 0.635. The van der Waals surface area contributed by atoms with Crippen LogP contribution in [-0.4, -0.2) is 23.0 Å². The number of benzene rings is 1. The van der Waals surface area contributed by atoms with Gasteiger partial charge in [-0.2, -0.15) is 21.6 Å². The van der Waals surface area contributed by atoms with E-state index in [-0.39, 0.29) is 0 Å². The summed E-state index contributed by atoms with van der Waals surface area (Å²) in [6.07, 6.45) is 0. The van der Waals surface area contributed by atoms with E-state index in [1.807, 2.05) is 0 Å². The molecule has 0 spiro atoms. The van der Waals surface area contributed by atoms with Gasteiger partial charge in [-0.1, -0.05) is 51.1 Å². The lowest BCUT2D eigenvalue weighted by Gasteiger charge is -2.28. The van der Waals surface area contributed by atoms with E-state index in [0.29, 0.717) is 5.19 Å². The van der Waals surface area contributed by atoms with E-state index in [0.717, 1.165) is 0 Å². The Morgan fingerprint density at radius 3 is 1.89 bits per heavy atom. The molecule has 8 heteroatoms. The molecule has 1 atom stereocenters. The molecule has 1 unspecified atom stereocenters. The normalized spacial score (nSPS) is 15.3. The molecule has 0 aliphatic heterocycles. The van der Waals surface area contributed by atoms with Crippen molar-refractivity contribution < 1.29 is 25.5 Å². The van der Waals surface area contributed by atoms with Crippen molar-refractivity contribution in [2.75, 3.05) is 0 Å². The first-order valence-electron chi connectivity index (χ1n) is 5.49. The molecule has 0 radical (unpaired) electrons. The molecule has 19 heavy (non-hydrogen) atoms. The Morgan fingerprint density at radius 1 is 1.05 bits per heavy atom. The molecule has 1 rings (SSSR count). The molecule has 0 heterocycles. The van der Waals surface area contributed by atoms with Crippen LogP contribution in [0.3, 0.4) is 0 Å². The van der Waals surface area contributed by atoms with Crippen molar-refractivity contribution in [1.82, 2.24) is 0 Å². The van der Waals surface area contributed by atoms with Gasteiger partial charge in [-0.25, -0.2) is 0 Å².